The summed E-state index contributed by atoms with van der Waals surface area (Å²) in [5.41, 5.74) is 1.000. The molecule has 0 radical (unpaired) electrons. The Balaban J connectivity index is 2.54. The van der Waals surface area contributed by atoms with Crippen LogP contribution in [0.15, 0.2) is 24.3 Å². The van der Waals surface area contributed by atoms with E-state index in [0.717, 1.165) is 5.56 Å². The van der Waals surface area contributed by atoms with Gasteiger partial charge in [0.05, 0.1) is 5.75 Å². The van der Waals surface area contributed by atoms with Crippen molar-refractivity contribution in [2.45, 2.75) is 26.8 Å². The van der Waals surface area contributed by atoms with Crippen LogP contribution in [0.1, 0.15) is 32.4 Å². The van der Waals surface area contributed by atoms with E-state index >= 15 is 0 Å². The second-order valence-corrected chi connectivity index (χ2v) is 7.12. The minimum Gasteiger partial charge on any atom is -0.308 e. The summed E-state index contributed by atoms with van der Waals surface area (Å²) < 4.78 is 38.1. The predicted molar refractivity (Wildman–Crippen MR) is 79.4 cm³/mol. The lowest BCUT2D eigenvalue weighted by Crippen LogP contribution is -2.35. The summed E-state index contributed by atoms with van der Waals surface area (Å²) in [5, 5.41) is 3.30. The zero-order chi connectivity index (χ0) is 15.2. The van der Waals surface area contributed by atoms with Gasteiger partial charge in [0.2, 0.25) is 10.0 Å². The van der Waals surface area contributed by atoms with Crippen molar-refractivity contribution in [3.63, 3.8) is 0 Å². The second kappa shape index (κ2) is 7.71. The highest BCUT2D eigenvalue weighted by Gasteiger charge is 2.15. The van der Waals surface area contributed by atoms with Crippen molar-refractivity contribution in [3.05, 3.63) is 35.6 Å². The number of hydrogen-bond donors (Lipinski definition) is 2. The van der Waals surface area contributed by atoms with Crippen molar-refractivity contribution < 1.29 is 12.8 Å². The molecule has 0 unspecified atom stereocenters. The fourth-order valence-electron chi connectivity index (χ4n) is 1.94. The topological polar surface area (TPSA) is 58.2 Å². The third-order valence-corrected chi connectivity index (χ3v) is 4.49. The summed E-state index contributed by atoms with van der Waals surface area (Å²) in [6, 6.07) is 6.45. The van der Waals surface area contributed by atoms with Crippen LogP contribution in [-0.4, -0.2) is 27.3 Å². The van der Waals surface area contributed by atoms with Crippen molar-refractivity contribution in [2.24, 2.45) is 5.92 Å². The first-order valence-corrected chi connectivity index (χ1v) is 8.47. The SMILES string of the molecule is CCS(=O)(=O)NCCN[C@@H](c1ccc(F)cc1)C(C)C. The molecule has 0 aliphatic rings. The van der Waals surface area contributed by atoms with E-state index in [1.54, 1.807) is 19.1 Å². The molecule has 0 fully saturated rings. The van der Waals surface area contributed by atoms with Crippen LogP contribution in [0.25, 0.3) is 0 Å². The lowest BCUT2D eigenvalue weighted by molar-refractivity contribution is 0.413. The molecule has 1 atom stereocenters. The van der Waals surface area contributed by atoms with Gasteiger partial charge in [-0.1, -0.05) is 26.0 Å². The molecule has 2 N–H and O–H groups in total. The van der Waals surface area contributed by atoms with Crippen molar-refractivity contribution in [1.82, 2.24) is 10.0 Å². The van der Waals surface area contributed by atoms with Gasteiger partial charge in [-0.15, -0.1) is 0 Å². The molecular formula is C14H23FN2O2S. The van der Waals surface area contributed by atoms with Crippen LogP contribution >= 0.6 is 0 Å². The molecule has 0 saturated heterocycles. The first kappa shape index (κ1) is 17.1. The molecule has 0 aromatic heterocycles. The van der Waals surface area contributed by atoms with Gasteiger partial charge in [-0.2, -0.15) is 0 Å². The lowest BCUT2D eigenvalue weighted by Gasteiger charge is -2.23. The maximum atomic E-state index is 12.9. The minimum atomic E-state index is -3.15. The smallest absolute Gasteiger partial charge is 0.211 e. The van der Waals surface area contributed by atoms with Crippen LogP contribution in [0, 0.1) is 11.7 Å². The average molecular weight is 302 g/mol. The Hall–Kier alpha value is -0.980. The first-order valence-electron chi connectivity index (χ1n) is 6.82. The first-order chi connectivity index (χ1) is 9.35. The van der Waals surface area contributed by atoms with Gasteiger partial charge in [-0.25, -0.2) is 17.5 Å². The van der Waals surface area contributed by atoms with Gasteiger partial charge in [0.25, 0.3) is 0 Å². The van der Waals surface area contributed by atoms with Crippen molar-refractivity contribution in [2.75, 3.05) is 18.8 Å². The summed E-state index contributed by atoms with van der Waals surface area (Å²) in [6.45, 7) is 6.61. The van der Waals surface area contributed by atoms with Crippen LogP contribution in [0.3, 0.4) is 0 Å². The molecule has 1 aromatic rings. The van der Waals surface area contributed by atoms with Crippen LogP contribution in [-0.2, 0) is 10.0 Å². The van der Waals surface area contributed by atoms with Crippen LogP contribution in [0.5, 0.6) is 0 Å². The van der Waals surface area contributed by atoms with Gasteiger partial charge in [0, 0.05) is 19.1 Å². The van der Waals surface area contributed by atoms with Crippen LogP contribution in [0.2, 0.25) is 0 Å². The average Bonchev–Trinajstić information content (AvgIpc) is 2.40. The van der Waals surface area contributed by atoms with E-state index in [4.69, 9.17) is 0 Å². The van der Waals surface area contributed by atoms with E-state index in [2.05, 4.69) is 23.9 Å². The summed E-state index contributed by atoms with van der Waals surface area (Å²) in [5.74, 6) is 0.147. The van der Waals surface area contributed by atoms with Crippen molar-refractivity contribution in [3.8, 4) is 0 Å². The Labute approximate surface area is 120 Å². The summed E-state index contributed by atoms with van der Waals surface area (Å²) in [6.07, 6.45) is 0. The Morgan fingerprint density at radius 2 is 1.75 bits per heavy atom. The standard InChI is InChI=1S/C14H23FN2O2S/c1-4-20(18,19)17-10-9-16-14(11(2)3)12-5-7-13(15)8-6-12/h5-8,11,14,16-17H,4,9-10H2,1-3H3/t14-/m1/s1. The molecule has 0 saturated carbocycles. The fourth-order valence-corrected chi connectivity index (χ4v) is 2.56. The number of nitrogens with one attached hydrogen (secondary N) is 2. The Morgan fingerprint density at radius 3 is 2.25 bits per heavy atom. The molecular weight excluding hydrogens is 279 g/mol. The van der Waals surface area contributed by atoms with Gasteiger partial charge < -0.3 is 5.32 Å². The van der Waals surface area contributed by atoms with E-state index in [0.29, 0.717) is 19.0 Å². The highest BCUT2D eigenvalue weighted by atomic mass is 32.2. The monoisotopic (exact) mass is 302 g/mol. The third-order valence-electron chi connectivity index (χ3n) is 3.09. The van der Waals surface area contributed by atoms with Crippen LogP contribution in [0.4, 0.5) is 4.39 Å². The largest absolute Gasteiger partial charge is 0.308 e. The zero-order valence-corrected chi connectivity index (χ0v) is 13.0. The van der Waals surface area contributed by atoms with Gasteiger partial charge in [0.1, 0.15) is 5.82 Å². The number of rotatable bonds is 8. The molecule has 4 nitrogen and oxygen atoms in total. The van der Waals surface area contributed by atoms with Gasteiger partial charge in [0.15, 0.2) is 0 Å². The maximum absolute atomic E-state index is 12.9. The van der Waals surface area contributed by atoms with E-state index in [-0.39, 0.29) is 17.6 Å². The molecule has 0 aliphatic heterocycles. The van der Waals surface area contributed by atoms with Crippen LogP contribution < -0.4 is 10.0 Å². The highest BCUT2D eigenvalue weighted by molar-refractivity contribution is 7.89. The lowest BCUT2D eigenvalue weighted by atomic mass is 9.96. The number of halogens is 1. The highest BCUT2D eigenvalue weighted by Crippen LogP contribution is 2.21. The molecule has 0 aliphatic carbocycles. The van der Waals surface area contributed by atoms with E-state index in [1.807, 2.05) is 0 Å². The molecule has 114 valence electrons. The maximum Gasteiger partial charge on any atom is 0.211 e. The zero-order valence-electron chi connectivity index (χ0n) is 12.2. The number of benzene rings is 1. The van der Waals surface area contributed by atoms with Crippen molar-refractivity contribution in [1.29, 1.82) is 0 Å². The molecule has 1 aromatic carbocycles. The summed E-state index contributed by atoms with van der Waals surface area (Å²) in [4.78, 5) is 0. The predicted octanol–water partition coefficient (Wildman–Crippen LogP) is 2.05. The second-order valence-electron chi connectivity index (χ2n) is 5.03. The molecule has 1 rings (SSSR count). The quantitative estimate of drug-likeness (QED) is 0.723. The van der Waals surface area contributed by atoms with E-state index in [9.17, 15) is 12.8 Å². The molecule has 0 amide bonds. The summed E-state index contributed by atoms with van der Waals surface area (Å²) >= 11 is 0. The Bertz CT molecular complexity index is 500. The third kappa shape index (κ3) is 5.56. The Kier molecular flexibility index (Phi) is 6.58. The Morgan fingerprint density at radius 1 is 1.15 bits per heavy atom. The summed E-state index contributed by atoms with van der Waals surface area (Å²) in [7, 11) is -3.15. The fraction of sp³-hybridized carbons (Fsp3) is 0.571. The molecule has 0 spiro atoms. The van der Waals surface area contributed by atoms with Gasteiger partial charge >= 0.3 is 0 Å². The molecule has 6 heteroatoms. The normalized spacial score (nSPS) is 13.7. The van der Waals surface area contributed by atoms with Gasteiger partial charge in [-0.05, 0) is 30.5 Å². The molecule has 20 heavy (non-hydrogen) atoms. The van der Waals surface area contributed by atoms with E-state index in [1.165, 1.54) is 12.1 Å². The van der Waals surface area contributed by atoms with Crippen molar-refractivity contribution >= 4 is 10.0 Å². The van der Waals surface area contributed by atoms with E-state index < -0.39 is 10.0 Å². The number of sulfonamides is 1. The molecule has 0 heterocycles. The van der Waals surface area contributed by atoms with Gasteiger partial charge in [-0.3, -0.25) is 0 Å². The number of hydrogen-bond acceptors (Lipinski definition) is 3. The minimum absolute atomic E-state index is 0.0710. The molecule has 0 bridgehead atoms.